The second-order valence-corrected chi connectivity index (χ2v) is 8.36. The molecule has 33 heavy (non-hydrogen) atoms. The van der Waals surface area contributed by atoms with Crippen molar-refractivity contribution in [1.82, 2.24) is 10.2 Å². The Bertz CT molecular complexity index is 1060. The van der Waals surface area contributed by atoms with Crippen LogP contribution in [0.5, 0.6) is 5.75 Å². The zero-order valence-corrected chi connectivity index (χ0v) is 18.1. The summed E-state index contributed by atoms with van der Waals surface area (Å²) in [5.74, 6) is -1.73. The average molecular weight is 450 g/mol. The number of nitrogens with one attached hydrogen (secondary N) is 1. The molecule has 2 aromatic rings. The standard InChI is InChI=1S/C25H26N2O6/c28-21-12-20(18-4-2-1-3-5-18)27(25(32)23(21)24(31)26-13-22(29)30)14-16-8-10-19(11-9-16)33-15-17-6-7-17/h1-5,8-11,17,20,28H,6-7,12-15H2,(H,26,31)(H,29,30)/t20-/m0/s1. The fraction of sp³-hybridized carbons (Fsp3) is 0.320. The van der Waals surface area contributed by atoms with E-state index in [1.807, 2.05) is 54.6 Å². The summed E-state index contributed by atoms with van der Waals surface area (Å²) >= 11 is 0. The van der Waals surface area contributed by atoms with Gasteiger partial charge in [-0.2, -0.15) is 0 Å². The molecule has 2 amide bonds. The van der Waals surface area contributed by atoms with E-state index in [0.717, 1.165) is 16.9 Å². The first-order chi connectivity index (χ1) is 15.9. The minimum Gasteiger partial charge on any atom is -0.511 e. The first-order valence-electron chi connectivity index (χ1n) is 10.9. The molecule has 1 atom stereocenters. The molecule has 0 saturated heterocycles. The highest BCUT2D eigenvalue weighted by Gasteiger charge is 2.38. The molecule has 172 valence electrons. The molecule has 3 N–H and O–H groups in total. The first kappa shape index (κ1) is 22.4. The molecule has 4 rings (SSSR count). The van der Waals surface area contributed by atoms with Gasteiger partial charge in [0.1, 0.15) is 23.6 Å². The second kappa shape index (κ2) is 9.77. The predicted molar refractivity (Wildman–Crippen MR) is 119 cm³/mol. The summed E-state index contributed by atoms with van der Waals surface area (Å²) in [5, 5.41) is 21.5. The van der Waals surface area contributed by atoms with Gasteiger partial charge in [-0.05, 0) is 42.0 Å². The van der Waals surface area contributed by atoms with E-state index >= 15 is 0 Å². The highest BCUT2D eigenvalue weighted by Crippen LogP contribution is 2.35. The Hall–Kier alpha value is -3.81. The zero-order valence-electron chi connectivity index (χ0n) is 18.1. The molecule has 1 aliphatic carbocycles. The quantitative estimate of drug-likeness (QED) is 0.506. The number of aliphatic carboxylic acids is 1. The summed E-state index contributed by atoms with van der Waals surface area (Å²) in [7, 11) is 0. The summed E-state index contributed by atoms with van der Waals surface area (Å²) < 4.78 is 5.77. The first-order valence-corrected chi connectivity index (χ1v) is 10.9. The number of carboxylic acids is 1. The van der Waals surface area contributed by atoms with Crippen LogP contribution >= 0.6 is 0 Å². The van der Waals surface area contributed by atoms with Crippen molar-refractivity contribution < 1.29 is 29.3 Å². The second-order valence-electron chi connectivity index (χ2n) is 8.36. The molecule has 8 nitrogen and oxygen atoms in total. The van der Waals surface area contributed by atoms with Crippen LogP contribution in [0.25, 0.3) is 0 Å². The molecule has 1 aliphatic heterocycles. The van der Waals surface area contributed by atoms with Gasteiger partial charge in [-0.3, -0.25) is 14.4 Å². The zero-order chi connectivity index (χ0) is 23.4. The lowest BCUT2D eigenvalue weighted by molar-refractivity contribution is -0.139. The monoisotopic (exact) mass is 450 g/mol. The van der Waals surface area contributed by atoms with Crippen molar-refractivity contribution in [3.63, 3.8) is 0 Å². The Balaban J connectivity index is 1.57. The Morgan fingerprint density at radius 1 is 1.06 bits per heavy atom. The summed E-state index contributed by atoms with van der Waals surface area (Å²) in [6.45, 7) is 0.274. The Morgan fingerprint density at radius 3 is 2.39 bits per heavy atom. The number of aliphatic hydroxyl groups excluding tert-OH is 1. The maximum absolute atomic E-state index is 13.3. The van der Waals surface area contributed by atoms with Crippen molar-refractivity contribution in [3.05, 3.63) is 77.1 Å². The largest absolute Gasteiger partial charge is 0.511 e. The number of rotatable bonds is 9. The molecule has 2 aromatic carbocycles. The van der Waals surface area contributed by atoms with Crippen molar-refractivity contribution in [2.45, 2.75) is 31.8 Å². The lowest BCUT2D eigenvalue weighted by atomic mass is 9.93. The molecule has 0 bridgehead atoms. The van der Waals surface area contributed by atoms with Crippen LogP contribution in [-0.2, 0) is 20.9 Å². The average Bonchev–Trinajstić information content (AvgIpc) is 3.64. The van der Waals surface area contributed by atoms with Gasteiger partial charge in [0, 0.05) is 13.0 Å². The number of nitrogens with zero attached hydrogens (tertiary/aromatic N) is 1. The smallest absolute Gasteiger partial charge is 0.322 e. The fourth-order valence-electron chi connectivity index (χ4n) is 3.82. The maximum Gasteiger partial charge on any atom is 0.322 e. The molecule has 1 fully saturated rings. The SMILES string of the molecule is O=C(O)CNC(=O)C1=C(O)C[C@@H](c2ccccc2)N(Cc2ccc(OCC3CC3)cc2)C1=O. The van der Waals surface area contributed by atoms with Gasteiger partial charge < -0.3 is 25.2 Å². The van der Waals surface area contributed by atoms with Gasteiger partial charge in [0.2, 0.25) is 0 Å². The van der Waals surface area contributed by atoms with Gasteiger partial charge in [-0.15, -0.1) is 0 Å². The van der Waals surface area contributed by atoms with Crippen molar-refractivity contribution in [2.24, 2.45) is 5.92 Å². The van der Waals surface area contributed by atoms with E-state index in [1.54, 1.807) is 0 Å². The van der Waals surface area contributed by atoms with Crippen LogP contribution in [0.3, 0.4) is 0 Å². The Labute approximate surface area is 191 Å². The van der Waals surface area contributed by atoms with E-state index in [4.69, 9.17) is 9.84 Å². The number of amides is 2. The number of hydrogen-bond donors (Lipinski definition) is 3. The topological polar surface area (TPSA) is 116 Å². The maximum atomic E-state index is 13.3. The van der Waals surface area contributed by atoms with Crippen LogP contribution in [0.15, 0.2) is 65.9 Å². The van der Waals surface area contributed by atoms with Gasteiger partial charge >= 0.3 is 5.97 Å². The molecule has 0 radical (unpaired) electrons. The third kappa shape index (κ3) is 5.52. The minimum atomic E-state index is -1.24. The summed E-state index contributed by atoms with van der Waals surface area (Å²) in [5.41, 5.74) is 1.24. The molecule has 0 aromatic heterocycles. The number of hydrogen-bond acceptors (Lipinski definition) is 5. The van der Waals surface area contributed by atoms with Crippen LogP contribution < -0.4 is 10.1 Å². The van der Waals surface area contributed by atoms with E-state index < -0.39 is 35.9 Å². The molecule has 8 heteroatoms. The van der Waals surface area contributed by atoms with Crippen molar-refractivity contribution in [2.75, 3.05) is 13.2 Å². The Morgan fingerprint density at radius 2 is 1.76 bits per heavy atom. The number of benzene rings is 2. The van der Waals surface area contributed by atoms with Gasteiger partial charge in [0.15, 0.2) is 0 Å². The van der Waals surface area contributed by atoms with Crippen LogP contribution in [0.4, 0.5) is 0 Å². The Kier molecular flexibility index (Phi) is 6.63. The predicted octanol–water partition coefficient (Wildman–Crippen LogP) is 2.96. The van der Waals surface area contributed by atoms with E-state index in [-0.39, 0.29) is 18.7 Å². The highest BCUT2D eigenvalue weighted by molar-refractivity contribution is 6.19. The number of carbonyl (C=O) groups excluding carboxylic acids is 2. The minimum absolute atomic E-state index is 0.0498. The lowest BCUT2D eigenvalue weighted by Gasteiger charge is -2.36. The number of carboxylic acid groups (broad SMARTS) is 1. The van der Waals surface area contributed by atoms with E-state index in [9.17, 15) is 19.5 Å². The van der Waals surface area contributed by atoms with Crippen molar-refractivity contribution in [1.29, 1.82) is 0 Å². The number of ether oxygens (including phenoxy) is 1. The third-order valence-electron chi connectivity index (χ3n) is 5.80. The highest BCUT2D eigenvalue weighted by atomic mass is 16.5. The molecule has 1 heterocycles. The molecule has 2 aliphatic rings. The van der Waals surface area contributed by atoms with Gasteiger partial charge in [0.05, 0.1) is 12.6 Å². The molecular weight excluding hydrogens is 424 g/mol. The normalized spacial score (nSPS) is 18.2. The molecular formula is C25H26N2O6. The third-order valence-corrected chi connectivity index (χ3v) is 5.80. The van der Waals surface area contributed by atoms with Gasteiger partial charge in [-0.25, -0.2) is 0 Å². The number of carbonyl (C=O) groups is 3. The van der Waals surface area contributed by atoms with Crippen LogP contribution in [0.2, 0.25) is 0 Å². The fourth-order valence-corrected chi connectivity index (χ4v) is 3.82. The lowest BCUT2D eigenvalue weighted by Crippen LogP contribution is -2.44. The van der Waals surface area contributed by atoms with Crippen molar-refractivity contribution in [3.8, 4) is 5.75 Å². The van der Waals surface area contributed by atoms with E-state index in [0.29, 0.717) is 12.5 Å². The molecule has 0 unspecified atom stereocenters. The molecule has 0 spiro atoms. The van der Waals surface area contributed by atoms with Crippen LogP contribution in [0, 0.1) is 5.92 Å². The summed E-state index contributed by atoms with van der Waals surface area (Å²) in [4.78, 5) is 38.2. The van der Waals surface area contributed by atoms with Crippen molar-refractivity contribution >= 4 is 17.8 Å². The van der Waals surface area contributed by atoms with E-state index in [1.165, 1.54) is 17.7 Å². The van der Waals surface area contributed by atoms with Crippen LogP contribution in [0.1, 0.15) is 36.4 Å². The van der Waals surface area contributed by atoms with Gasteiger partial charge in [-0.1, -0.05) is 42.5 Å². The van der Waals surface area contributed by atoms with Gasteiger partial charge in [0.25, 0.3) is 11.8 Å². The summed E-state index contributed by atoms with van der Waals surface area (Å²) in [6, 6.07) is 16.3. The number of aliphatic hydroxyl groups is 1. The van der Waals surface area contributed by atoms with Crippen LogP contribution in [-0.4, -0.2) is 46.0 Å². The van der Waals surface area contributed by atoms with E-state index in [2.05, 4.69) is 5.32 Å². The summed E-state index contributed by atoms with van der Waals surface area (Å²) in [6.07, 6.45) is 2.46. The molecule has 1 saturated carbocycles.